The highest BCUT2D eigenvalue weighted by Gasteiger charge is 2.37. The maximum absolute atomic E-state index is 12.7. The van der Waals surface area contributed by atoms with Crippen molar-refractivity contribution < 1.29 is 14.3 Å². The average Bonchev–Trinajstić information content (AvgIpc) is 2.82. The van der Waals surface area contributed by atoms with E-state index in [9.17, 15) is 9.59 Å². The second kappa shape index (κ2) is 6.96. The summed E-state index contributed by atoms with van der Waals surface area (Å²) in [6.07, 6.45) is 2.14. The average molecular weight is 365 g/mol. The number of alkyl carbamates (subject to hydrolysis) is 1. The number of likely N-dealkylation sites (tertiary alicyclic amines) is 1. The number of nitrogens with one attached hydrogen (secondary N) is 1. The van der Waals surface area contributed by atoms with Gasteiger partial charge in [0.2, 0.25) is 0 Å². The summed E-state index contributed by atoms with van der Waals surface area (Å²) in [5.74, 6) is 0.157. The molecule has 1 N–H and O–H groups in total. The van der Waals surface area contributed by atoms with Gasteiger partial charge in [0.05, 0.1) is 6.04 Å². The lowest BCUT2D eigenvalue weighted by Gasteiger charge is -2.36. The zero-order valence-corrected chi connectivity index (χ0v) is 15.7. The molecule has 1 aromatic rings. The molecule has 0 bridgehead atoms. The Balaban J connectivity index is 1.63. The largest absolute Gasteiger partial charge is 0.444 e. The summed E-state index contributed by atoms with van der Waals surface area (Å²) in [4.78, 5) is 26.9. The van der Waals surface area contributed by atoms with Gasteiger partial charge in [-0.05, 0) is 70.3 Å². The number of fused-ring (bicyclic) bond motifs is 1. The Labute approximate surface area is 153 Å². The zero-order chi connectivity index (χ0) is 18.2. The van der Waals surface area contributed by atoms with Crippen molar-refractivity contribution in [3.8, 4) is 0 Å². The Morgan fingerprint density at radius 3 is 2.84 bits per heavy atom. The number of benzene rings is 1. The van der Waals surface area contributed by atoms with Gasteiger partial charge in [-0.25, -0.2) is 4.79 Å². The molecule has 136 valence electrons. The molecule has 5 nitrogen and oxygen atoms in total. The lowest BCUT2D eigenvalue weighted by atomic mass is 10.0. The number of rotatable bonds is 2. The Bertz CT molecular complexity index is 684. The zero-order valence-electron chi connectivity index (χ0n) is 15.0. The SMILES string of the molecule is CC(C)(C)OC(=O)N[C@@H]1CCCN(C2Cc3cc(Cl)ccc3C2=O)C1. The number of nitrogens with zero attached hydrogens (tertiary/aromatic N) is 1. The van der Waals surface area contributed by atoms with Crippen LogP contribution in [0.25, 0.3) is 0 Å². The lowest BCUT2D eigenvalue weighted by molar-refractivity contribution is 0.0455. The third-order valence-electron chi connectivity index (χ3n) is 4.66. The topological polar surface area (TPSA) is 58.6 Å². The molecule has 1 unspecified atom stereocenters. The number of Topliss-reactive ketones (excluding diaryl/α,β-unsaturated/α-hetero) is 1. The van der Waals surface area contributed by atoms with Gasteiger partial charge in [-0.2, -0.15) is 0 Å². The molecule has 1 aliphatic carbocycles. The van der Waals surface area contributed by atoms with Gasteiger partial charge in [0.1, 0.15) is 5.60 Å². The number of amides is 1. The molecule has 3 rings (SSSR count). The first kappa shape index (κ1) is 18.2. The third kappa shape index (κ3) is 4.33. The van der Waals surface area contributed by atoms with E-state index >= 15 is 0 Å². The molecule has 2 aliphatic rings. The Morgan fingerprint density at radius 2 is 2.12 bits per heavy atom. The standard InChI is InChI=1S/C19H25ClN2O3/c1-19(2,3)25-18(24)21-14-5-4-8-22(11-14)16-10-12-9-13(20)6-7-15(12)17(16)23/h6-7,9,14,16H,4-5,8,10-11H2,1-3H3,(H,21,24)/t14-,16?/m1/s1. The van der Waals surface area contributed by atoms with Crippen LogP contribution >= 0.6 is 11.6 Å². The second-order valence-electron chi connectivity index (χ2n) is 7.87. The number of carbonyl (C=O) groups excluding carboxylic acids is 2. The van der Waals surface area contributed by atoms with E-state index in [-0.39, 0.29) is 17.9 Å². The van der Waals surface area contributed by atoms with Gasteiger partial charge in [-0.15, -0.1) is 0 Å². The molecular weight excluding hydrogens is 340 g/mol. The van der Waals surface area contributed by atoms with Crippen molar-refractivity contribution in [3.05, 3.63) is 34.3 Å². The minimum Gasteiger partial charge on any atom is -0.444 e. The molecule has 1 aromatic carbocycles. The molecule has 1 aliphatic heterocycles. The van der Waals surface area contributed by atoms with Crippen LogP contribution in [0.2, 0.25) is 5.02 Å². The highest BCUT2D eigenvalue weighted by atomic mass is 35.5. The van der Waals surface area contributed by atoms with E-state index < -0.39 is 11.7 Å². The van der Waals surface area contributed by atoms with Crippen LogP contribution in [0.4, 0.5) is 4.79 Å². The highest BCUT2D eigenvalue weighted by Crippen LogP contribution is 2.29. The van der Waals surface area contributed by atoms with E-state index in [1.807, 2.05) is 32.9 Å². The fourth-order valence-electron chi connectivity index (χ4n) is 3.63. The molecule has 25 heavy (non-hydrogen) atoms. The summed E-state index contributed by atoms with van der Waals surface area (Å²) in [5.41, 5.74) is 1.28. The number of ether oxygens (including phenoxy) is 1. The molecule has 0 aromatic heterocycles. The van der Waals surface area contributed by atoms with Gasteiger partial charge in [0.25, 0.3) is 0 Å². The van der Waals surface area contributed by atoms with Crippen molar-refractivity contribution in [2.45, 2.75) is 57.7 Å². The summed E-state index contributed by atoms with van der Waals surface area (Å²) >= 11 is 6.05. The van der Waals surface area contributed by atoms with Crippen LogP contribution in [0.1, 0.15) is 49.5 Å². The minimum absolute atomic E-state index is 0.00343. The fraction of sp³-hybridized carbons (Fsp3) is 0.579. The summed E-state index contributed by atoms with van der Waals surface area (Å²) in [6, 6.07) is 5.32. The van der Waals surface area contributed by atoms with E-state index in [0.717, 1.165) is 30.5 Å². The summed E-state index contributed by atoms with van der Waals surface area (Å²) < 4.78 is 5.34. The fourth-order valence-corrected chi connectivity index (χ4v) is 3.82. The van der Waals surface area contributed by atoms with Crippen LogP contribution in [-0.2, 0) is 11.2 Å². The minimum atomic E-state index is -0.513. The van der Waals surface area contributed by atoms with Crippen molar-refractivity contribution in [3.63, 3.8) is 0 Å². The van der Waals surface area contributed by atoms with Gasteiger partial charge in [0, 0.05) is 23.2 Å². The quantitative estimate of drug-likeness (QED) is 0.873. The number of hydrogen-bond acceptors (Lipinski definition) is 4. The van der Waals surface area contributed by atoms with E-state index in [1.54, 1.807) is 6.07 Å². The normalized spacial score (nSPS) is 24.1. The summed E-state index contributed by atoms with van der Waals surface area (Å²) in [7, 11) is 0. The van der Waals surface area contributed by atoms with E-state index in [4.69, 9.17) is 16.3 Å². The van der Waals surface area contributed by atoms with Crippen LogP contribution < -0.4 is 5.32 Å². The molecule has 1 saturated heterocycles. The molecule has 0 radical (unpaired) electrons. The van der Waals surface area contributed by atoms with Crippen LogP contribution in [0.3, 0.4) is 0 Å². The van der Waals surface area contributed by atoms with Crippen molar-refractivity contribution in [2.24, 2.45) is 0 Å². The molecule has 1 fully saturated rings. The Morgan fingerprint density at radius 1 is 1.36 bits per heavy atom. The van der Waals surface area contributed by atoms with Gasteiger partial charge < -0.3 is 10.1 Å². The molecular formula is C19H25ClN2O3. The summed E-state index contributed by atoms with van der Waals surface area (Å²) in [6.45, 7) is 7.07. The monoisotopic (exact) mass is 364 g/mol. The van der Waals surface area contributed by atoms with Gasteiger partial charge in [-0.3, -0.25) is 9.69 Å². The first-order chi connectivity index (χ1) is 11.7. The first-order valence-electron chi connectivity index (χ1n) is 8.79. The molecule has 1 amide bonds. The van der Waals surface area contributed by atoms with E-state index in [2.05, 4.69) is 10.2 Å². The molecule has 0 spiro atoms. The van der Waals surface area contributed by atoms with Crippen LogP contribution in [0.5, 0.6) is 0 Å². The number of halogens is 1. The molecule has 2 atom stereocenters. The number of hydrogen-bond donors (Lipinski definition) is 1. The summed E-state index contributed by atoms with van der Waals surface area (Å²) in [5, 5.41) is 3.60. The van der Waals surface area contributed by atoms with Crippen molar-refractivity contribution in [2.75, 3.05) is 13.1 Å². The van der Waals surface area contributed by atoms with Gasteiger partial charge in [-0.1, -0.05) is 11.6 Å². The number of piperidine rings is 1. The Kier molecular flexibility index (Phi) is 5.07. The lowest BCUT2D eigenvalue weighted by Crippen LogP contribution is -2.53. The molecule has 1 heterocycles. The first-order valence-corrected chi connectivity index (χ1v) is 9.17. The van der Waals surface area contributed by atoms with Crippen molar-refractivity contribution in [1.29, 1.82) is 0 Å². The van der Waals surface area contributed by atoms with Crippen LogP contribution in [0.15, 0.2) is 18.2 Å². The highest BCUT2D eigenvalue weighted by molar-refractivity contribution is 6.30. The third-order valence-corrected chi connectivity index (χ3v) is 4.90. The predicted octanol–water partition coefficient (Wildman–Crippen LogP) is 3.44. The van der Waals surface area contributed by atoms with Crippen molar-refractivity contribution >= 4 is 23.5 Å². The van der Waals surface area contributed by atoms with E-state index in [0.29, 0.717) is 18.0 Å². The van der Waals surface area contributed by atoms with Gasteiger partial charge >= 0.3 is 6.09 Å². The molecule has 6 heteroatoms. The van der Waals surface area contributed by atoms with E-state index in [1.165, 1.54) is 0 Å². The maximum Gasteiger partial charge on any atom is 0.407 e. The Hall–Kier alpha value is -1.59. The van der Waals surface area contributed by atoms with Crippen LogP contribution in [0, 0.1) is 0 Å². The van der Waals surface area contributed by atoms with Gasteiger partial charge in [0.15, 0.2) is 5.78 Å². The van der Waals surface area contributed by atoms with Crippen LogP contribution in [-0.4, -0.2) is 47.6 Å². The maximum atomic E-state index is 12.7. The molecule has 0 saturated carbocycles. The van der Waals surface area contributed by atoms with Crippen molar-refractivity contribution in [1.82, 2.24) is 10.2 Å². The smallest absolute Gasteiger partial charge is 0.407 e. The second-order valence-corrected chi connectivity index (χ2v) is 8.30. The predicted molar refractivity (Wildman–Crippen MR) is 97.2 cm³/mol. The number of carbonyl (C=O) groups is 2. The number of ketones is 1.